The van der Waals surface area contributed by atoms with Crippen LogP contribution >= 0.6 is 11.8 Å². The highest BCUT2D eigenvalue weighted by Crippen LogP contribution is 2.20. The third-order valence-electron chi connectivity index (χ3n) is 2.10. The molecule has 1 N–H and O–H groups in total. The maximum absolute atomic E-state index is 13.7. The van der Waals surface area contributed by atoms with Crippen LogP contribution in [-0.2, 0) is 4.79 Å². The number of aliphatic carboxylic acids is 1. The Morgan fingerprint density at radius 1 is 1.56 bits per heavy atom. The van der Waals surface area contributed by atoms with E-state index in [0.717, 1.165) is 17.3 Å². The lowest BCUT2D eigenvalue weighted by Crippen LogP contribution is -2.05. The number of hydrogen-bond acceptors (Lipinski definition) is 5. The molecule has 8 heteroatoms. The summed E-state index contributed by atoms with van der Waals surface area (Å²) < 4.78 is 14.9. The van der Waals surface area contributed by atoms with E-state index >= 15 is 0 Å². The van der Waals surface area contributed by atoms with Crippen molar-refractivity contribution < 1.29 is 14.3 Å². The van der Waals surface area contributed by atoms with Crippen molar-refractivity contribution in [1.82, 2.24) is 20.2 Å². The van der Waals surface area contributed by atoms with Crippen LogP contribution < -0.4 is 0 Å². The fourth-order valence-electron chi connectivity index (χ4n) is 1.33. The maximum Gasteiger partial charge on any atom is 0.313 e. The molecule has 18 heavy (non-hydrogen) atoms. The lowest BCUT2D eigenvalue weighted by Gasteiger charge is -2.05. The number of carboxylic acids is 1. The fourth-order valence-corrected chi connectivity index (χ4v) is 1.94. The molecular formula is C10H9FN4O2S. The van der Waals surface area contributed by atoms with E-state index in [0.29, 0.717) is 0 Å². The highest BCUT2D eigenvalue weighted by atomic mass is 32.2. The number of carbonyl (C=O) groups is 1. The van der Waals surface area contributed by atoms with Gasteiger partial charge in [0.05, 0.1) is 5.75 Å². The van der Waals surface area contributed by atoms with Crippen LogP contribution in [0, 0.1) is 12.7 Å². The average Bonchev–Trinajstić information content (AvgIpc) is 2.77. The van der Waals surface area contributed by atoms with Crippen molar-refractivity contribution in [2.45, 2.75) is 12.1 Å². The standard InChI is InChI=1S/C10H9FN4O2S/c1-6-2-3-7(11)8(4-6)15-10(12-13-14-15)18-5-9(16)17/h2-4H,5H2,1H3,(H,16,17). The molecule has 0 aliphatic carbocycles. The third-order valence-corrected chi connectivity index (χ3v) is 3.00. The molecular weight excluding hydrogens is 259 g/mol. The molecule has 0 bridgehead atoms. The SMILES string of the molecule is Cc1ccc(F)c(-n2nnnc2SCC(=O)O)c1. The summed E-state index contributed by atoms with van der Waals surface area (Å²) in [5.74, 6) is -1.64. The highest BCUT2D eigenvalue weighted by molar-refractivity contribution is 7.99. The first-order valence-electron chi connectivity index (χ1n) is 4.97. The van der Waals surface area contributed by atoms with Gasteiger partial charge in [-0.1, -0.05) is 17.8 Å². The Morgan fingerprint density at radius 3 is 3.06 bits per heavy atom. The molecule has 1 heterocycles. The first-order chi connectivity index (χ1) is 8.58. The molecule has 6 nitrogen and oxygen atoms in total. The van der Waals surface area contributed by atoms with E-state index < -0.39 is 11.8 Å². The molecule has 2 aromatic rings. The first kappa shape index (κ1) is 12.5. The van der Waals surface area contributed by atoms with E-state index in [9.17, 15) is 9.18 Å². The number of benzene rings is 1. The molecule has 94 valence electrons. The number of nitrogens with zero attached hydrogens (tertiary/aromatic N) is 4. The van der Waals surface area contributed by atoms with E-state index in [1.165, 1.54) is 10.7 Å². The minimum Gasteiger partial charge on any atom is -0.481 e. The summed E-state index contributed by atoms with van der Waals surface area (Å²) in [6, 6.07) is 4.54. The van der Waals surface area contributed by atoms with Crippen LogP contribution in [0.3, 0.4) is 0 Å². The number of aryl methyl sites for hydroxylation is 1. The minimum absolute atomic E-state index is 0.187. The van der Waals surface area contributed by atoms with Crippen molar-refractivity contribution in [3.8, 4) is 5.69 Å². The molecule has 2 rings (SSSR count). The molecule has 0 amide bonds. The van der Waals surface area contributed by atoms with Crippen LogP contribution in [0.4, 0.5) is 4.39 Å². The zero-order valence-corrected chi connectivity index (χ0v) is 10.2. The molecule has 0 fully saturated rings. The summed E-state index contributed by atoms with van der Waals surface area (Å²) in [5, 5.41) is 19.6. The largest absolute Gasteiger partial charge is 0.481 e. The number of hydrogen-bond donors (Lipinski definition) is 1. The second-order valence-electron chi connectivity index (χ2n) is 3.51. The Bertz CT molecular complexity index is 587. The van der Waals surface area contributed by atoms with Crippen molar-refractivity contribution in [1.29, 1.82) is 0 Å². The fraction of sp³-hybridized carbons (Fsp3) is 0.200. The number of halogens is 1. The Kier molecular flexibility index (Phi) is 3.56. The molecule has 0 aliphatic rings. The van der Waals surface area contributed by atoms with Gasteiger partial charge >= 0.3 is 5.97 Å². The monoisotopic (exact) mass is 268 g/mol. The first-order valence-corrected chi connectivity index (χ1v) is 5.96. The van der Waals surface area contributed by atoms with Crippen molar-refractivity contribution in [2.24, 2.45) is 0 Å². The molecule has 0 spiro atoms. The van der Waals surface area contributed by atoms with Gasteiger partial charge in [0, 0.05) is 0 Å². The van der Waals surface area contributed by atoms with E-state index in [1.54, 1.807) is 12.1 Å². The summed E-state index contributed by atoms with van der Waals surface area (Å²) in [6.45, 7) is 1.82. The third kappa shape index (κ3) is 2.65. The second-order valence-corrected chi connectivity index (χ2v) is 4.45. The van der Waals surface area contributed by atoms with Gasteiger partial charge in [0.25, 0.3) is 0 Å². The summed E-state index contributed by atoms with van der Waals surface area (Å²) >= 11 is 0.932. The van der Waals surface area contributed by atoms with Gasteiger partial charge in [0.1, 0.15) is 11.5 Å². The molecule has 1 aromatic heterocycles. The normalized spacial score (nSPS) is 10.6. The number of thioether (sulfide) groups is 1. The zero-order chi connectivity index (χ0) is 13.1. The molecule has 0 unspecified atom stereocenters. The van der Waals surface area contributed by atoms with Crippen LogP contribution in [0.15, 0.2) is 23.4 Å². The summed E-state index contributed by atoms with van der Waals surface area (Å²) in [7, 11) is 0. The highest BCUT2D eigenvalue weighted by Gasteiger charge is 2.14. The number of aromatic nitrogens is 4. The second kappa shape index (κ2) is 5.13. The van der Waals surface area contributed by atoms with Crippen molar-refractivity contribution in [3.63, 3.8) is 0 Å². The van der Waals surface area contributed by atoms with Crippen molar-refractivity contribution >= 4 is 17.7 Å². The van der Waals surface area contributed by atoms with Gasteiger partial charge in [0.15, 0.2) is 0 Å². The van der Waals surface area contributed by atoms with E-state index in [4.69, 9.17) is 5.11 Å². The Hall–Kier alpha value is -1.96. The van der Waals surface area contributed by atoms with Gasteiger partial charge in [-0.15, -0.1) is 5.10 Å². The quantitative estimate of drug-likeness (QED) is 0.841. The summed E-state index contributed by atoms with van der Waals surface area (Å²) in [5.41, 5.74) is 1.06. The Balaban J connectivity index is 2.36. The van der Waals surface area contributed by atoms with Gasteiger partial charge in [-0.05, 0) is 35.0 Å². The zero-order valence-electron chi connectivity index (χ0n) is 9.37. The maximum atomic E-state index is 13.7. The van der Waals surface area contributed by atoms with Gasteiger partial charge in [-0.25, -0.2) is 4.39 Å². The summed E-state index contributed by atoms with van der Waals surface area (Å²) in [6.07, 6.45) is 0. The number of rotatable bonds is 4. The smallest absolute Gasteiger partial charge is 0.313 e. The lowest BCUT2D eigenvalue weighted by molar-refractivity contribution is -0.133. The number of carboxylic acid groups (broad SMARTS) is 1. The van der Waals surface area contributed by atoms with Gasteiger partial charge in [-0.3, -0.25) is 4.79 Å². The molecule has 1 aromatic carbocycles. The van der Waals surface area contributed by atoms with Crippen LogP contribution in [-0.4, -0.2) is 37.0 Å². The van der Waals surface area contributed by atoms with E-state index in [1.807, 2.05) is 6.92 Å². The van der Waals surface area contributed by atoms with E-state index in [2.05, 4.69) is 15.5 Å². The molecule has 0 aliphatic heterocycles. The van der Waals surface area contributed by atoms with Crippen molar-refractivity contribution in [2.75, 3.05) is 5.75 Å². The Morgan fingerprint density at radius 2 is 2.33 bits per heavy atom. The van der Waals surface area contributed by atoms with Crippen LogP contribution in [0.25, 0.3) is 5.69 Å². The molecule has 0 saturated carbocycles. The van der Waals surface area contributed by atoms with Gasteiger partial charge < -0.3 is 5.11 Å². The van der Waals surface area contributed by atoms with Crippen LogP contribution in [0.1, 0.15) is 5.56 Å². The van der Waals surface area contributed by atoms with Crippen LogP contribution in [0.2, 0.25) is 0 Å². The molecule has 0 radical (unpaired) electrons. The number of tetrazole rings is 1. The lowest BCUT2D eigenvalue weighted by atomic mass is 10.2. The molecule has 0 atom stereocenters. The predicted molar refractivity (Wildman–Crippen MR) is 62.2 cm³/mol. The van der Waals surface area contributed by atoms with Gasteiger partial charge in [0.2, 0.25) is 5.16 Å². The average molecular weight is 268 g/mol. The minimum atomic E-state index is -0.987. The van der Waals surface area contributed by atoms with Crippen molar-refractivity contribution in [3.05, 3.63) is 29.6 Å². The topological polar surface area (TPSA) is 80.9 Å². The van der Waals surface area contributed by atoms with Crippen LogP contribution in [0.5, 0.6) is 0 Å². The summed E-state index contributed by atoms with van der Waals surface area (Å²) in [4.78, 5) is 10.5. The van der Waals surface area contributed by atoms with E-state index in [-0.39, 0.29) is 16.6 Å². The predicted octanol–water partition coefficient (Wildman–Crippen LogP) is 1.29. The molecule has 0 saturated heterocycles. The van der Waals surface area contributed by atoms with Gasteiger partial charge in [-0.2, -0.15) is 4.68 Å². The Labute approximate surface area is 106 Å².